The Morgan fingerprint density at radius 2 is 1.93 bits per heavy atom. The van der Waals surface area contributed by atoms with Gasteiger partial charge in [-0.3, -0.25) is 29.4 Å². The number of non-ortho nitro benzene ring substituents is 1. The normalized spacial score (nSPS) is 15.0. The Balaban J connectivity index is 1.62. The molecule has 0 radical (unpaired) electrons. The van der Waals surface area contributed by atoms with Crippen LogP contribution < -0.4 is 5.32 Å². The number of rotatable bonds is 6. The molecular formula is C19H13ClFN3O5S. The first kappa shape index (κ1) is 21.5. The molecule has 11 heteroatoms. The van der Waals surface area contributed by atoms with Crippen LogP contribution >= 0.6 is 23.4 Å². The molecule has 8 nitrogen and oxygen atoms in total. The highest BCUT2D eigenvalue weighted by Crippen LogP contribution is 2.32. The molecule has 0 aromatic heterocycles. The Morgan fingerprint density at radius 3 is 2.60 bits per heavy atom. The molecule has 2 aromatic rings. The molecule has 1 fully saturated rings. The van der Waals surface area contributed by atoms with Crippen molar-refractivity contribution in [3.63, 3.8) is 0 Å². The van der Waals surface area contributed by atoms with Crippen molar-refractivity contribution in [1.82, 2.24) is 10.2 Å². The second kappa shape index (κ2) is 9.06. The zero-order chi connectivity index (χ0) is 21.8. The van der Waals surface area contributed by atoms with Gasteiger partial charge < -0.3 is 5.32 Å². The second-order valence-electron chi connectivity index (χ2n) is 6.06. The summed E-state index contributed by atoms with van der Waals surface area (Å²) in [6.45, 7) is -0.163. The Kier molecular flexibility index (Phi) is 6.48. The van der Waals surface area contributed by atoms with Crippen LogP contribution in [0.4, 0.5) is 14.9 Å². The number of nitrogens with one attached hydrogen (secondary N) is 1. The number of nitrogens with zero attached hydrogens (tertiary/aromatic N) is 2. The van der Waals surface area contributed by atoms with Crippen LogP contribution in [0.15, 0.2) is 47.4 Å². The lowest BCUT2D eigenvalue weighted by Gasteiger charge is -2.13. The average molecular weight is 450 g/mol. The predicted molar refractivity (Wildman–Crippen MR) is 110 cm³/mol. The molecule has 2 aromatic carbocycles. The maximum Gasteiger partial charge on any atom is 0.293 e. The molecule has 3 rings (SSSR count). The van der Waals surface area contributed by atoms with Crippen molar-refractivity contribution in [2.75, 3.05) is 13.1 Å². The molecule has 1 aliphatic heterocycles. The van der Waals surface area contributed by atoms with E-state index in [1.807, 2.05) is 0 Å². The van der Waals surface area contributed by atoms with E-state index in [1.54, 1.807) is 0 Å². The summed E-state index contributed by atoms with van der Waals surface area (Å²) in [5.41, 5.74) is 0.188. The largest absolute Gasteiger partial charge is 0.350 e. The third-order valence-electron chi connectivity index (χ3n) is 4.07. The van der Waals surface area contributed by atoms with Crippen molar-refractivity contribution < 1.29 is 23.7 Å². The van der Waals surface area contributed by atoms with Gasteiger partial charge in [-0.15, -0.1) is 0 Å². The van der Waals surface area contributed by atoms with Crippen molar-refractivity contribution in [2.24, 2.45) is 0 Å². The minimum absolute atomic E-state index is 0.0338. The fourth-order valence-electron chi connectivity index (χ4n) is 2.58. The monoisotopic (exact) mass is 449 g/mol. The van der Waals surface area contributed by atoms with Crippen LogP contribution in [0.3, 0.4) is 0 Å². The summed E-state index contributed by atoms with van der Waals surface area (Å²) >= 11 is 6.66. The molecular weight excluding hydrogens is 437 g/mol. The molecule has 0 bridgehead atoms. The number of nitro groups is 1. The van der Waals surface area contributed by atoms with E-state index >= 15 is 0 Å². The molecule has 1 saturated heterocycles. The maximum absolute atomic E-state index is 13.0. The lowest BCUT2D eigenvalue weighted by Crippen LogP contribution is -2.37. The van der Waals surface area contributed by atoms with E-state index in [0.717, 1.165) is 22.7 Å². The number of carbonyl (C=O) groups is 3. The van der Waals surface area contributed by atoms with E-state index in [1.165, 1.54) is 42.5 Å². The Labute approximate surface area is 178 Å². The molecule has 154 valence electrons. The number of hydrogen-bond donors (Lipinski definition) is 1. The Bertz CT molecular complexity index is 1070. The number of benzene rings is 2. The van der Waals surface area contributed by atoms with Crippen molar-refractivity contribution in [3.05, 3.63) is 79.5 Å². The quantitative estimate of drug-likeness (QED) is 0.407. The molecule has 0 unspecified atom stereocenters. The zero-order valence-electron chi connectivity index (χ0n) is 15.1. The second-order valence-corrected chi connectivity index (χ2v) is 7.46. The standard InChI is InChI=1S/C19H13ClFN3O5S/c20-15-6-5-13(24(28)29)10-14(15)17(25)22-7-8-23-18(26)16(30-19(23)27)9-11-1-3-12(21)4-2-11/h1-6,9-10H,7-8H2,(H,22,25). The summed E-state index contributed by atoms with van der Waals surface area (Å²) < 4.78 is 13.0. The van der Waals surface area contributed by atoms with Crippen molar-refractivity contribution >= 4 is 52.2 Å². The van der Waals surface area contributed by atoms with Gasteiger partial charge in [-0.05, 0) is 41.6 Å². The summed E-state index contributed by atoms with van der Waals surface area (Å²) in [4.78, 5) is 48.2. The van der Waals surface area contributed by atoms with Gasteiger partial charge in [0.1, 0.15) is 5.82 Å². The molecule has 1 N–H and O–H groups in total. The van der Waals surface area contributed by atoms with Gasteiger partial charge in [-0.1, -0.05) is 23.7 Å². The highest BCUT2D eigenvalue weighted by molar-refractivity contribution is 8.18. The first-order chi connectivity index (χ1) is 14.3. The summed E-state index contributed by atoms with van der Waals surface area (Å²) in [7, 11) is 0. The van der Waals surface area contributed by atoms with Gasteiger partial charge in [0.2, 0.25) is 0 Å². The van der Waals surface area contributed by atoms with Gasteiger partial charge in [0.25, 0.3) is 22.7 Å². The molecule has 0 atom stereocenters. The fraction of sp³-hybridized carbons (Fsp3) is 0.105. The van der Waals surface area contributed by atoms with Crippen LogP contribution in [0.5, 0.6) is 0 Å². The Hall–Kier alpha value is -3.24. The molecule has 1 heterocycles. The van der Waals surface area contributed by atoms with E-state index in [-0.39, 0.29) is 34.3 Å². The predicted octanol–water partition coefficient (Wildman–Crippen LogP) is 3.85. The summed E-state index contributed by atoms with van der Waals surface area (Å²) in [5, 5.41) is 12.9. The number of amides is 3. The molecule has 0 aliphatic carbocycles. The zero-order valence-corrected chi connectivity index (χ0v) is 16.7. The number of carbonyl (C=O) groups excluding carboxylic acids is 3. The van der Waals surface area contributed by atoms with Gasteiger partial charge >= 0.3 is 0 Å². The smallest absolute Gasteiger partial charge is 0.293 e. The number of hydrogen-bond acceptors (Lipinski definition) is 6. The van der Waals surface area contributed by atoms with E-state index < -0.39 is 27.8 Å². The van der Waals surface area contributed by atoms with Crippen LogP contribution in [0.2, 0.25) is 5.02 Å². The van der Waals surface area contributed by atoms with Crippen molar-refractivity contribution in [1.29, 1.82) is 0 Å². The topological polar surface area (TPSA) is 110 Å². The van der Waals surface area contributed by atoms with Gasteiger partial charge in [-0.2, -0.15) is 0 Å². The van der Waals surface area contributed by atoms with Crippen LogP contribution in [0.25, 0.3) is 6.08 Å². The van der Waals surface area contributed by atoms with E-state index in [4.69, 9.17) is 11.6 Å². The number of halogens is 2. The summed E-state index contributed by atoms with van der Waals surface area (Å²) in [5.74, 6) is -1.62. The summed E-state index contributed by atoms with van der Waals surface area (Å²) in [6, 6.07) is 8.90. The molecule has 0 spiro atoms. The highest BCUT2D eigenvalue weighted by atomic mass is 35.5. The average Bonchev–Trinajstić information content (AvgIpc) is 2.97. The van der Waals surface area contributed by atoms with Gasteiger partial charge in [0, 0.05) is 25.2 Å². The number of imide groups is 1. The van der Waals surface area contributed by atoms with Crippen molar-refractivity contribution in [2.45, 2.75) is 0 Å². The van der Waals surface area contributed by atoms with Crippen LogP contribution in [0.1, 0.15) is 15.9 Å². The Morgan fingerprint density at radius 1 is 1.23 bits per heavy atom. The maximum atomic E-state index is 13.0. The SMILES string of the molecule is O=C(NCCN1C(=O)SC(=Cc2ccc(F)cc2)C1=O)c1cc([N+](=O)[O-])ccc1Cl. The van der Waals surface area contributed by atoms with E-state index in [9.17, 15) is 28.9 Å². The molecule has 3 amide bonds. The van der Waals surface area contributed by atoms with Crippen LogP contribution in [-0.4, -0.2) is 40.0 Å². The van der Waals surface area contributed by atoms with E-state index in [0.29, 0.717) is 5.56 Å². The third kappa shape index (κ3) is 4.84. The van der Waals surface area contributed by atoms with Crippen LogP contribution in [-0.2, 0) is 4.79 Å². The summed E-state index contributed by atoms with van der Waals surface area (Å²) in [6.07, 6.45) is 1.48. The number of thioether (sulfide) groups is 1. The molecule has 30 heavy (non-hydrogen) atoms. The number of nitro benzene ring substituents is 1. The third-order valence-corrected chi connectivity index (χ3v) is 5.30. The van der Waals surface area contributed by atoms with E-state index in [2.05, 4.69) is 5.32 Å². The minimum Gasteiger partial charge on any atom is -0.350 e. The first-order valence-corrected chi connectivity index (χ1v) is 9.69. The van der Waals surface area contributed by atoms with Gasteiger partial charge in [0.15, 0.2) is 0 Å². The lowest BCUT2D eigenvalue weighted by molar-refractivity contribution is -0.384. The lowest BCUT2D eigenvalue weighted by atomic mass is 10.2. The van der Waals surface area contributed by atoms with Crippen molar-refractivity contribution in [3.8, 4) is 0 Å². The van der Waals surface area contributed by atoms with Gasteiger partial charge in [0.05, 0.1) is 20.4 Å². The molecule has 1 aliphatic rings. The first-order valence-electron chi connectivity index (χ1n) is 8.49. The van der Waals surface area contributed by atoms with Gasteiger partial charge in [-0.25, -0.2) is 4.39 Å². The highest BCUT2D eigenvalue weighted by Gasteiger charge is 2.34. The molecule has 0 saturated carbocycles. The van der Waals surface area contributed by atoms with Crippen LogP contribution in [0, 0.1) is 15.9 Å². The fourth-order valence-corrected chi connectivity index (χ4v) is 3.65. The minimum atomic E-state index is -0.669.